The van der Waals surface area contributed by atoms with E-state index in [0.717, 1.165) is 22.7 Å². The minimum Gasteiger partial charge on any atom is -0.456 e. The van der Waals surface area contributed by atoms with Crippen LogP contribution >= 0.6 is 11.3 Å². The summed E-state index contributed by atoms with van der Waals surface area (Å²) in [4.78, 5) is 27.2. The number of carbonyl (C=O) groups is 2. The molecule has 1 heterocycles. The van der Waals surface area contributed by atoms with Gasteiger partial charge in [0.1, 0.15) is 6.61 Å². The number of benzene rings is 1. The van der Waals surface area contributed by atoms with Crippen LogP contribution in [0.1, 0.15) is 40.5 Å². The van der Waals surface area contributed by atoms with Gasteiger partial charge in [-0.3, -0.25) is 4.79 Å². The van der Waals surface area contributed by atoms with Crippen LogP contribution in [-0.2, 0) is 29.1 Å². The summed E-state index contributed by atoms with van der Waals surface area (Å²) in [6.07, 6.45) is 0.883. The molecule has 116 valence electrons. The Morgan fingerprint density at radius 3 is 2.59 bits per heavy atom. The second-order valence-electron chi connectivity index (χ2n) is 4.77. The molecule has 0 atom stereocenters. The number of aryl methyl sites for hydroxylation is 1. The highest BCUT2D eigenvalue weighted by Gasteiger charge is 2.09. The minimum absolute atomic E-state index is 0.0850. The smallest absolute Gasteiger partial charge is 0.338 e. The summed E-state index contributed by atoms with van der Waals surface area (Å²) in [5, 5.41) is 5.64. The van der Waals surface area contributed by atoms with Crippen molar-refractivity contribution in [1.82, 2.24) is 10.3 Å². The van der Waals surface area contributed by atoms with E-state index in [2.05, 4.69) is 10.3 Å². The molecule has 1 amide bonds. The van der Waals surface area contributed by atoms with Crippen LogP contribution in [0.4, 0.5) is 0 Å². The van der Waals surface area contributed by atoms with E-state index in [4.69, 9.17) is 4.74 Å². The molecule has 0 aliphatic carbocycles. The maximum Gasteiger partial charge on any atom is 0.338 e. The van der Waals surface area contributed by atoms with Crippen LogP contribution in [0.5, 0.6) is 0 Å². The Morgan fingerprint density at radius 1 is 1.27 bits per heavy atom. The van der Waals surface area contributed by atoms with Gasteiger partial charge in [0, 0.05) is 18.8 Å². The lowest BCUT2D eigenvalue weighted by Crippen LogP contribution is -2.18. The van der Waals surface area contributed by atoms with Gasteiger partial charge in [0.15, 0.2) is 0 Å². The molecular weight excluding hydrogens is 300 g/mol. The molecule has 1 N–H and O–H groups in total. The average Bonchev–Trinajstić information content (AvgIpc) is 2.99. The molecule has 1 aromatic carbocycles. The zero-order chi connectivity index (χ0) is 15.9. The first-order valence-electron chi connectivity index (χ1n) is 7.02. The summed E-state index contributed by atoms with van der Waals surface area (Å²) in [6, 6.07) is 6.98. The Labute approximate surface area is 133 Å². The van der Waals surface area contributed by atoms with E-state index in [1.807, 2.05) is 12.3 Å². The largest absolute Gasteiger partial charge is 0.456 e. The molecule has 6 heteroatoms. The molecule has 0 aliphatic rings. The van der Waals surface area contributed by atoms with Crippen LogP contribution in [-0.4, -0.2) is 16.9 Å². The monoisotopic (exact) mass is 318 g/mol. The lowest BCUT2D eigenvalue weighted by atomic mass is 10.1. The van der Waals surface area contributed by atoms with Crippen LogP contribution in [0.3, 0.4) is 0 Å². The van der Waals surface area contributed by atoms with Gasteiger partial charge in [-0.1, -0.05) is 19.1 Å². The van der Waals surface area contributed by atoms with E-state index < -0.39 is 0 Å². The van der Waals surface area contributed by atoms with Gasteiger partial charge < -0.3 is 10.1 Å². The maximum atomic E-state index is 12.0. The molecule has 0 radical (unpaired) electrons. The molecule has 0 saturated carbocycles. The van der Waals surface area contributed by atoms with Gasteiger partial charge in [-0.2, -0.15) is 0 Å². The summed E-state index contributed by atoms with van der Waals surface area (Å²) in [5.41, 5.74) is 2.19. The zero-order valence-corrected chi connectivity index (χ0v) is 13.4. The zero-order valence-electron chi connectivity index (χ0n) is 12.6. The van der Waals surface area contributed by atoms with Crippen LogP contribution in [0.2, 0.25) is 0 Å². The molecule has 5 nitrogen and oxygen atoms in total. The molecule has 0 saturated heterocycles. The second-order valence-corrected chi connectivity index (χ2v) is 5.71. The van der Waals surface area contributed by atoms with Crippen molar-refractivity contribution in [3.05, 3.63) is 51.5 Å². The predicted molar refractivity (Wildman–Crippen MR) is 84.6 cm³/mol. The van der Waals surface area contributed by atoms with E-state index in [1.54, 1.807) is 35.6 Å². The number of hydrogen-bond acceptors (Lipinski definition) is 5. The summed E-state index contributed by atoms with van der Waals surface area (Å²) < 4.78 is 5.25. The predicted octanol–water partition coefficient (Wildman–Crippen LogP) is 2.70. The van der Waals surface area contributed by atoms with Gasteiger partial charge in [0.25, 0.3) is 0 Å². The standard InChI is InChI=1S/C16H18N2O3S/c1-3-15-18-14(10-22-15)9-21-16(20)13-6-4-12(5-7-13)8-17-11(2)19/h4-7,10H,3,8-9H2,1-2H3,(H,17,19). The molecule has 0 bridgehead atoms. The van der Waals surface area contributed by atoms with Gasteiger partial charge >= 0.3 is 5.97 Å². The molecule has 0 fully saturated rings. The normalized spacial score (nSPS) is 10.3. The van der Waals surface area contributed by atoms with Crippen molar-refractivity contribution in [3.63, 3.8) is 0 Å². The number of esters is 1. The number of thiazole rings is 1. The van der Waals surface area contributed by atoms with Crippen molar-refractivity contribution >= 4 is 23.2 Å². The van der Waals surface area contributed by atoms with Crippen molar-refractivity contribution in [3.8, 4) is 0 Å². The van der Waals surface area contributed by atoms with Crippen molar-refractivity contribution in [2.24, 2.45) is 0 Å². The summed E-state index contributed by atoms with van der Waals surface area (Å²) in [7, 11) is 0. The van der Waals surface area contributed by atoms with Crippen molar-refractivity contribution < 1.29 is 14.3 Å². The fraction of sp³-hybridized carbons (Fsp3) is 0.312. The molecular formula is C16H18N2O3S. The Balaban J connectivity index is 1.87. The summed E-state index contributed by atoms with van der Waals surface area (Å²) in [6.45, 7) is 4.14. The van der Waals surface area contributed by atoms with Gasteiger partial charge in [0.05, 0.1) is 16.3 Å². The Hall–Kier alpha value is -2.21. The number of rotatable bonds is 6. The SMILES string of the molecule is CCc1nc(COC(=O)c2ccc(CNC(C)=O)cc2)cs1. The third kappa shape index (κ3) is 4.66. The average molecular weight is 318 g/mol. The van der Waals surface area contributed by atoms with Gasteiger partial charge in [-0.25, -0.2) is 9.78 Å². The molecule has 22 heavy (non-hydrogen) atoms. The second kappa shape index (κ2) is 7.70. The first-order valence-corrected chi connectivity index (χ1v) is 7.90. The number of aromatic nitrogens is 1. The molecule has 0 aliphatic heterocycles. The number of hydrogen-bond donors (Lipinski definition) is 1. The topological polar surface area (TPSA) is 68.3 Å². The number of nitrogens with one attached hydrogen (secondary N) is 1. The van der Waals surface area contributed by atoms with Crippen LogP contribution in [0.15, 0.2) is 29.6 Å². The Bertz CT molecular complexity index is 650. The number of nitrogens with zero attached hydrogens (tertiary/aromatic N) is 1. The molecule has 2 aromatic rings. The van der Waals surface area contributed by atoms with Crippen LogP contribution < -0.4 is 5.32 Å². The third-order valence-electron chi connectivity index (χ3n) is 2.98. The van der Waals surface area contributed by atoms with Crippen molar-refractivity contribution in [2.75, 3.05) is 0 Å². The van der Waals surface area contributed by atoms with Crippen LogP contribution in [0, 0.1) is 0 Å². The van der Waals surface area contributed by atoms with E-state index >= 15 is 0 Å². The van der Waals surface area contributed by atoms with Gasteiger partial charge in [-0.15, -0.1) is 11.3 Å². The highest BCUT2D eigenvalue weighted by molar-refractivity contribution is 7.09. The van der Waals surface area contributed by atoms with Crippen LogP contribution in [0.25, 0.3) is 0 Å². The molecule has 1 aromatic heterocycles. The lowest BCUT2D eigenvalue weighted by molar-refractivity contribution is -0.119. The van der Waals surface area contributed by atoms with E-state index in [9.17, 15) is 9.59 Å². The van der Waals surface area contributed by atoms with Gasteiger partial charge in [-0.05, 0) is 24.1 Å². The maximum absolute atomic E-state index is 12.0. The first-order chi connectivity index (χ1) is 10.6. The number of amides is 1. The van der Waals surface area contributed by atoms with E-state index in [1.165, 1.54) is 6.92 Å². The van der Waals surface area contributed by atoms with Gasteiger partial charge in [0.2, 0.25) is 5.91 Å². The Morgan fingerprint density at radius 2 is 2.00 bits per heavy atom. The number of carbonyl (C=O) groups excluding carboxylic acids is 2. The van der Waals surface area contributed by atoms with E-state index in [-0.39, 0.29) is 18.5 Å². The Kier molecular flexibility index (Phi) is 5.66. The fourth-order valence-electron chi connectivity index (χ4n) is 1.79. The van der Waals surface area contributed by atoms with Crippen molar-refractivity contribution in [1.29, 1.82) is 0 Å². The highest BCUT2D eigenvalue weighted by atomic mass is 32.1. The first kappa shape index (κ1) is 16.2. The third-order valence-corrected chi connectivity index (χ3v) is 4.03. The number of ether oxygens (including phenoxy) is 1. The van der Waals surface area contributed by atoms with E-state index in [0.29, 0.717) is 12.1 Å². The highest BCUT2D eigenvalue weighted by Crippen LogP contribution is 2.12. The fourth-order valence-corrected chi connectivity index (χ4v) is 2.52. The molecule has 2 rings (SSSR count). The lowest BCUT2D eigenvalue weighted by Gasteiger charge is -2.05. The summed E-state index contributed by atoms with van der Waals surface area (Å²) >= 11 is 1.57. The molecule has 0 spiro atoms. The van der Waals surface area contributed by atoms with Crippen molar-refractivity contribution in [2.45, 2.75) is 33.4 Å². The minimum atomic E-state index is -0.378. The summed E-state index contributed by atoms with van der Waals surface area (Å²) in [5.74, 6) is -0.463. The quantitative estimate of drug-likeness (QED) is 0.832. The molecule has 0 unspecified atom stereocenters.